The molecule has 1 aromatic heterocycles. The maximum atomic E-state index is 13.4. The number of nitrogens with zero attached hydrogens (tertiary/aromatic N) is 3. The SMILES string of the molecule is COc1ccc(NC(=O)N(C)C[C@@H]2Oc3ncc(C#C[C@H](C)O)cc3C(=O)N([C@@H](C)CO)C[C@@H]2C)cc1. The van der Waals surface area contributed by atoms with E-state index in [2.05, 4.69) is 22.1 Å². The van der Waals surface area contributed by atoms with Crippen molar-refractivity contribution in [2.24, 2.45) is 5.92 Å². The number of methoxy groups -OCH3 is 1. The Morgan fingerprint density at radius 2 is 2.05 bits per heavy atom. The summed E-state index contributed by atoms with van der Waals surface area (Å²) in [5, 5.41) is 22.1. The maximum Gasteiger partial charge on any atom is 0.321 e. The number of hydrogen-bond donors (Lipinski definition) is 3. The van der Waals surface area contributed by atoms with Gasteiger partial charge in [-0.1, -0.05) is 18.8 Å². The molecule has 0 fully saturated rings. The standard InChI is InChI=1S/C27H34N4O6/c1-17-14-31(18(2)16-32)26(34)23-12-20(7-6-19(3)33)13-28-25(23)37-24(17)15-30(4)27(35)29-21-8-10-22(36-5)11-9-21/h8-13,17-19,24,32-33H,14-16H2,1-5H3,(H,29,35)/t17-,18-,19-,24-/m0/s1. The van der Waals surface area contributed by atoms with E-state index in [-0.39, 0.29) is 42.5 Å². The summed E-state index contributed by atoms with van der Waals surface area (Å²) in [6.45, 7) is 5.56. The van der Waals surface area contributed by atoms with Crippen LogP contribution >= 0.6 is 0 Å². The lowest BCUT2D eigenvalue weighted by atomic mass is 10.00. The predicted molar refractivity (Wildman–Crippen MR) is 139 cm³/mol. The summed E-state index contributed by atoms with van der Waals surface area (Å²) in [6, 6.07) is 7.82. The molecular weight excluding hydrogens is 476 g/mol. The van der Waals surface area contributed by atoms with Gasteiger partial charge in [-0.05, 0) is 44.2 Å². The number of ether oxygens (including phenoxy) is 2. The molecule has 1 aliphatic heterocycles. The van der Waals surface area contributed by atoms with Crippen LogP contribution in [0.4, 0.5) is 10.5 Å². The largest absolute Gasteiger partial charge is 0.497 e. The summed E-state index contributed by atoms with van der Waals surface area (Å²) in [6.07, 6.45) is 0.156. The van der Waals surface area contributed by atoms with Crippen molar-refractivity contribution in [2.45, 2.75) is 39.0 Å². The summed E-state index contributed by atoms with van der Waals surface area (Å²) in [7, 11) is 3.24. The molecule has 10 nitrogen and oxygen atoms in total. The third-order valence-corrected chi connectivity index (χ3v) is 6.09. The van der Waals surface area contributed by atoms with E-state index in [0.29, 0.717) is 23.5 Å². The van der Waals surface area contributed by atoms with Crippen molar-refractivity contribution >= 4 is 17.6 Å². The molecule has 10 heteroatoms. The molecule has 0 unspecified atom stereocenters. The van der Waals surface area contributed by atoms with Gasteiger partial charge in [-0.3, -0.25) is 4.79 Å². The molecule has 3 rings (SSSR count). The number of rotatable bonds is 6. The van der Waals surface area contributed by atoms with Crippen molar-refractivity contribution in [1.82, 2.24) is 14.8 Å². The van der Waals surface area contributed by atoms with Crippen LogP contribution in [-0.2, 0) is 0 Å². The normalized spacial score (nSPS) is 18.7. The predicted octanol–water partition coefficient (Wildman–Crippen LogP) is 2.21. The second-order valence-corrected chi connectivity index (χ2v) is 9.18. The molecule has 2 aromatic rings. The number of fused-ring (bicyclic) bond motifs is 1. The number of anilines is 1. The Labute approximate surface area is 217 Å². The monoisotopic (exact) mass is 510 g/mol. The van der Waals surface area contributed by atoms with Crippen molar-refractivity contribution < 1.29 is 29.3 Å². The number of pyridine rings is 1. The Balaban J connectivity index is 1.85. The van der Waals surface area contributed by atoms with E-state index in [1.165, 1.54) is 11.1 Å². The highest BCUT2D eigenvalue weighted by Gasteiger charge is 2.34. The van der Waals surface area contributed by atoms with E-state index in [4.69, 9.17) is 9.47 Å². The van der Waals surface area contributed by atoms with Crippen molar-refractivity contribution in [2.75, 3.05) is 39.2 Å². The van der Waals surface area contributed by atoms with Gasteiger partial charge in [0.1, 0.15) is 23.5 Å². The first-order chi connectivity index (χ1) is 17.6. The third-order valence-electron chi connectivity index (χ3n) is 6.09. The third kappa shape index (κ3) is 7.12. The van der Waals surface area contributed by atoms with Crippen molar-refractivity contribution in [3.05, 3.63) is 47.7 Å². The number of carbonyl (C=O) groups is 2. The fourth-order valence-electron chi connectivity index (χ4n) is 3.82. The number of hydrogen-bond acceptors (Lipinski definition) is 7. The minimum Gasteiger partial charge on any atom is -0.497 e. The van der Waals surface area contributed by atoms with Gasteiger partial charge in [0.15, 0.2) is 0 Å². The van der Waals surface area contributed by atoms with Crippen LogP contribution in [0.2, 0.25) is 0 Å². The first kappa shape index (κ1) is 27.8. The van der Waals surface area contributed by atoms with E-state index in [9.17, 15) is 19.8 Å². The molecule has 37 heavy (non-hydrogen) atoms. The van der Waals surface area contributed by atoms with E-state index >= 15 is 0 Å². The van der Waals surface area contributed by atoms with Crippen LogP contribution in [0.15, 0.2) is 36.5 Å². The highest BCUT2D eigenvalue weighted by atomic mass is 16.5. The zero-order chi connectivity index (χ0) is 27.1. The summed E-state index contributed by atoms with van der Waals surface area (Å²) in [5.74, 6) is 5.74. The fraction of sp³-hybridized carbons (Fsp3) is 0.444. The molecule has 3 amide bonds. The lowest BCUT2D eigenvalue weighted by Gasteiger charge is -2.37. The number of aliphatic hydroxyl groups is 2. The lowest BCUT2D eigenvalue weighted by Crippen LogP contribution is -2.50. The molecule has 0 bridgehead atoms. The molecule has 4 atom stereocenters. The molecule has 3 N–H and O–H groups in total. The van der Waals surface area contributed by atoms with E-state index < -0.39 is 18.2 Å². The molecule has 1 aromatic carbocycles. The Hall–Kier alpha value is -3.81. The Morgan fingerprint density at radius 3 is 2.68 bits per heavy atom. The van der Waals surface area contributed by atoms with Crippen LogP contribution in [0.25, 0.3) is 0 Å². The molecule has 2 heterocycles. The number of carbonyl (C=O) groups excluding carboxylic acids is 2. The highest BCUT2D eigenvalue weighted by molar-refractivity contribution is 5.97. The number of amides is 3. The van der Waals surface area contributed by atoms with Gasteiger partial charge in [0.05, 0.1) is 26.3 Å². The quantitative estimate of drug-likeness (QED) is 0.509. The van der Waals surface area contributed by atoms with Crippen molar-refractivity contribution in [3.63, 3.8) is 0 Å². The van der Waals surface area contributed by atoms with Crippen molar-refractivity contribution in [3.8, 4) is 23.5 Å². The van der Waals surface area contributed by atoms with E-state index in [0.717, 1.165) is 0 Å². The van der Waals surface area contributed by atoms with Crippen LogP contribution in [0.3, 0.4) is 0 Å². The van der Waals surface area contributed by atoms with Gasteiger partial charge in [-0.2, -0.15) is 0 Å². The van der Waals surface area contributed by atoms with Gasteiger partial charge in [0, 0.05) is 37.0 Å². The number of aliphatic hydroxyl groups excluding tert-OH is 2. The average Bonchev–Trinajstić information content (AvgIpc) is 2.89. The van der Waals surface area contributed by atoms with E-state index in [1.807, 2.05) is 6.92 Å². The minimum absolute atomic E-state index is 0.128. The van der Waals surface area contributed by atoms with Crippen LogP contribution < -0.4 is 14.8 Å². The second kappa shape index (κ2) is 12.4. The fourth-order valence-corrected chi connectivity index (χ4v) is 3.82. The number of benzene rings is 1. The smallest absolute Gasteiger partial charge is 0.321 e. The molecule has 0 spiro atoms. The van der Waals surface area contributed by atoms with Gasteiger partial charge < -0.3 is 34.8 Å². The summed E-state index contributed by atoms with van der Waals surface area (Å²) < 4.78 is 11.4. The molecule has 0 radical (unpaired) electrons. The van der Waals surface area contributed by atoms with Gasteiger partial charge in [-0.25, -0.2) is 9.78 Å². The Morgan fingerprint density at radius 1 is 1.35 bits per heavy atom. The summed E-state index contributed by atoms with van der Waals surface area (Å²) >= 11 is 0. The topological polar surface area (TPSA) is 124 Å². The highest BCUT2D eigenvalue weighted by Crippen LogP contribution is 2.27. The van der Waals surface area contributed by atoms with Crippen LogP contribution in [0.5, 0.6) is 11.6 Å². The van der Waals surface area contributed by atoms with Crippen LogP contribution in [0.1, 0.15) is 36.7 Å². The van der Waals surface area contributed by atoms with E-state index in [1.54, 1.807) is 63.2 Å². The van der Waals surface area contributed by atoms with Crippen molar-refractivity contribution in [1.29, 1.82) is 0 Å². The summed E-state index contributed by atoms with van der Waals surface area (Å²) in [5.41, 5.74) is 1.28. The molecule has 0 saturated heterocycles. The Kier molecular flexibility index (Phi) is 9.33. The van der Waals surface area contributed by atoms with Crippen LogP contribution in [0, 0.1) is 17.8 Å². The zero-order valence-corrected chi connectivity index (χ0v) is 21.8. The molecule has 0 aliphatic carbocycles. The lowest BCUT2D eigenvalue weighted by molar-refractivity contribution is 0.0356. The number of aromatic nitrogens is 1. The molecule has 1 aliphatic rings. The summed E-state index contributed by atoms with van der Waals surface area (Å²) in [4.78, 5) is 33.7. The zero-order valence-electron chi connectivity index (χ0n) is 21.8. The van der Waals surface area contributed by atoms with Gasteiger partial charge in [0.25, 0.3) is 5.91 Å². The van der Waals surface area contributed by atoms with Crippen LogP contribution in [-0.4, -0.2) is 89.0 Å². The maximum absolute atomic E-state index is 13.4. The van der Waals surface area contributed by atoms with Gasteiger partial charge in [-0.15, -0.1) is 0 Å². The first-order valence-corrected chi connectivity index (χ1v) is 12.1. The first-order valence-electron chi connectivity index (χ1n) is 12.1. The second-order valence-electron chi connectivity index (χ2n) is 9.18. The molecule has 0 saturated carbocycles. The molecular formula is C27H34N4O6. The number of nitrogens with one attached hydrogen (secondary N) is 1. The molecule has 198 valence electrons. The van der Waals surface area contributed by atoms with Gasteiger partial charge >= 0.3 is 6.03 Å². The Bertz CT molecular complexity index is 1160. The minimum atomic E-state index is -0.829. The number of urea groups is 1. The number of likely N-dealkylation sites (N-methyl/N-ethyl adjacent to an activating group) is 1. The average molecular weight is 511 g/mol. The van der Waals surface area contributed by atoms with Gasteiger partial charge in [0.2, 0.25) is 5.88 Å².